The van der Waals surface area contributed by atoms with E-state index in [4.69, 9.17) is 4.74 Å². The number of carbonyl (C=O) groups is 3. The fourth-order valence-electron chi connectivity index (χ4n) is 2.10. The van der Waals surface area contributed by atoms with Crippen LogP contribution in [0.5, 0.6) is 0 Å². The highest BCUT2D eigenvalue weighted by Crippen LogP contribution is 2.36. The second-order valence-electron chi connectivity index (χ2n) is 5.06. The van der Waals surface area contributed by atoms with Crippen molar-refractivity contribution in [3.8, 4) is 10.4 Å². The van der Waals surface area contributed by atoms with Crippen LogP contribution < -0.4 is 5.32 Å². The minimum absolute atomic E-state index is 0.0199. The topological polar surface area (TPSA) is 81.7 Å². The SMILES string of the molecule is CCOC(=O)c1cc(-c2ccccc2)sc1NC(=O)CCC(=O)OC. The zero-order valence-corrected chi connectivity index (χ0v) is 14.9. The Morgan fingerprint density at radius 2 is 1.84 bits per heavy atom. The second kappa shape index (κ2) is 8.98. The summed E-state index contributed by atoms with van der Waals surface area (Å²) in [5, 5.41) is 3.10. The Kier molecular flexibility index (Phi) is 6.71. The molecular formula is C18H19NO5S. The van der Waals surface area contributed by atoms with Crippen LogP contribution in [0.25, 0.3) is 10.4 Å². The monoisotopic (exact) mass is 361 g/mol. The maximum atomic E-state index is 12.2. The van der Waals surface area contributed by atoms with E-state index >= 15 is 0 Å². The first kappa shape index (κ1) is 18.7. The predicted octanol–water partition coefficient (Wildman–Crippen LogP) is 3.48. The number of anilines is 1. The fourth-order valence-corrected chi connectivity index (χ4v) is 3.16. The zero-order chi connectivity index (χ0) is 18.2. The number of hydrogen-bond acceptors (Lipinski definition) is 6. The molecular weight excluding hydrogens is 342 g/mol. The zero-order valence-electron chi connectivity index (χ0n) is 14.0. The molecule has 0 atom stereocenters. The molecule has 1 N–H and O–H groups in total. The Labute approximate surface area is 149 Å². The molecule has 1 amide bonds. The van der Waals surface area contributed by atoms with Crippen LogP contribution in [0.1, 0.15) is 30.1 Å². The van der Waals surface area contributed by atoms with Gasteiger partial charge >= 0.3 is 11.9 Å². The number of esters is 2. The van der Waals surface area contributed by atoms with Crippen LogP contribution in [0.2, 0.25) is 0 Å². The molecule has 0 unspecified atom stereocenters. The van der Waals surface area contributed by atoms with Crippen molar-refractivity contribution in [2.24, 2.45) is 0 Å². The van der Waals surface area contributed by atoms with Crippen molar-refractivity contribution in [1.29, 1.82) is 0 Å². The Bertz CT molecular complexity index is 754. The van der Waals surface area contributed by atoms with Crippen LogP contribution >= 0.6 is 11.3 Å². The fraction of sp³-hybridized carbons (Fsp3) is 0.278. The number of carbonyl (C=O) groups excluding carboxylic acids is 3. The van der Waals surface area contributed by atoms with Gasteiger partial charge in [-0.05, 0) is 18.6 Å². The molecule has 0 radical (unpaired) electrons. The van der Waals surface area contributed by atoms with E-state index in [-0.39, 0.29) is 25.4 Å². The lowest BCUT2D eigenvalue weighted by Gasteiger charge is -2.05. The van der Waals surface area contributed by atoms with E-state index in [1.807, 2.05) is 30.3 Å². The van der Waals surface area contributed by atoms with Crippen LogP contribution in [0.3, 0.4) is 0 Å². The number of amides is 1. The van der Waals surface area contributed by atoms with Gasteiger partial charge in [-0.25, -0.2) is 4.79 Å². The standard InChI is InChI=1S/C18H19NO5S/c1-3-24-18(22)13-11-14(12-7-5-4-6-8-12)25-17(13)19-15(20)9-10-16(21)23-2/h4-8,11H,3,9-10H2,1-2H3,(H,19,20). The Morgan fingerprint density at radius 3 is 2.48 bits per heavy atom. The third-order valence-corrected chi connectivity index (χ3v) is 4.42. The molecule has 2 aromatic rings. The van der Waals surface area contributed by atoms with Gasteiger partial charge in [0, 0.05) is 11.3 Å². The van der Waals surface area contributed by atoms with Crippen molar-refractivity contribution in [3.63, 3.8) is 0 Å². The number of rotatable bonds is 7. The van der Waals surface area contributed by atoms with Crippen molar-refractivity contribution in [1.82, 2.24) is 0 Å². The summed E-state index contributed by atoms with van der Waals surface area (Å²) in [6.07, 6.45) is -0.0402. The number of nitrogens with one attached hydrogen (secondary N) is 1. The van der Waals surface area contributed by atoms with E-state index < -0.39 is 11.9 Å². The smallest absolute Gasteiger partial charge is 0.341 e. The number of thiophene rings is 1. The van der Waals surface area contributed by atoms with Crippen LogP contribution in [0.4, 0.5) is 5.00 Å². The normalized spacial score (nSPS) is 10.2. The van der Waals surface area contributed by atoms with Gasteiger partial charge in [0.1, 0.15) is 5.00 Å². The first-order valence-electron chi connectivity index (χ1n) is 7.78. The van der Waals surface area contributed by atoms with Gasteiger partial charge in [0.25, 0.3) is 0 Å². The minimum atomic E-state index is -0.496. The molecule has 132 valence electrons. The third-order valence-electron chi connectivity index (χ3n) is 3.32. The summed E-state index contributed by atoms with van der Waals surface area (Å²) >= 11 is 1.29. The summed E-state index contributed by atoms with van der Waals surface area (Å²) in [6, 6.07) is 11.2. The lowest BCUT2D eigenvalue weighted by molar-refractivity contribution is -0.141. The molecule has 2 rings (SSSR count). The summed E-state index contributed by atoms with van der Waals surface area (Å²) in [5.41, 5.74) is 1.24. The number of hydrogen-bond donors (Lipinski definition) is 1. The maximum absolute atomic E-state index is 12.2. The molecule has 1 heterocycles. The maximum Gasteiger partial charge on any atom is 0.341 e. The first-order chi connectivity index (χ1) is 12.0. The molecule has 0 saturated heterocycles. The number of methoxy groups -OCH3 is 1. The Balaban J connectivity index is 2.22. The summed E-state index contributed by atoms with van der Waals surface area (Å²) in [4.78, 5) is 36.2. The van der Waals surface area contributed by atoms with Crippen LogP contribution in [0, 0.1) is 0 Å². The van der Waals surface area contributed by atoms with E-state index in [0.29, 0.717) is 10.6 Å². The molecule has 25 heavy (non-hydrogen) atoms. The molecule has 0 aliphatic rings. The van der Waals surface area contributed by atoms with Crippen LogP contribution in [-0.2, 0) is 19.1 Å². The summed E-state index contributed by atoms with van der Waals surface area (Å²) in [7, 11) is 1.27. The number of ether oxygens (including phenoxy) is 2. The van der Waals surface area contributed by atoms with E-state index in [0.717, 1.165) is 10.4 Å². The molecule has 0 saturated carbocycles. The van der Waals surface area contributed by atoms with Gasteiger partial charge in [-0.3, -0.25) is 9.59 Å². The highest BCUT2D eigenvalue weighted by atomic mass is 32.1. The molecule has 0 aliphatic heterocycles. The van der Waals surface area contributed by atoms with Crippen LogP contribution in [0.15, 0.2) is 36.4 Å². The van der Waals surface area contributed by atoms with Gasteiger partial charge in [-0.1, -0.05) is 30.3 Å². The van der Waals surface area contributed by atoms with Crippen molar-refractivity contribution in [2.75, 3.05) is 19.0 Å². The summed E-state index contributed by atoms with van der Waals surface area (Å²) in [6.45, 7) is 1.96. The Morgan fingerprint density at radius 1 is 1.12 bits per heavy atom. The van der Waals surface area contributed by atoms with Crippen molar-refractivity contribution in [2.45, 2.75) is 19.8 Å². The Hall–Kier alpha value is -2.67. The molecule has 0 aliphatic carbocycles. The van der Waals surface area contributed by atoms with Gasteiger partial charge in [-0.15, -0.1) is 11.3 Å². The van der Waals surface area contributed by atoms with Gasteiger partial charge in [0.2, 0.25) is 5.91 Å². The second-order valence-corrected chi connectivity index (χ2v) is 6.12. The van der Waals surface area contributed by atoms with Gasteiger partial charge in [0.15, 0.2) is 0 Å². The quantitative estimate of drug-likeness (QED) is 0.764. The van der Waals surface area contributed by atoms with E-state index in [1.165, 1.54) is 18.4 Å². The van der Waals surface area contributed by atoms with Crippen molar-refractivity contribution in [3.05, 3.63) is 42.0 Å². The summed E-state index contributed by atoms with van der Waals surface area (Å²) < 4.78 is 9.57. The average molecular weight is 361 g/mol. The van der Waals surface area contributed by atoms with E-state index in [9.17, 15) is 14.4 Å². The molecule has 0 bridgehead atoms. The largest absolute Gasteiger partial charge is 0.469 e. The minimum Gasteiger partial charge on any atom is -0.469 e. The molecule has 7 heteroatoms. The predicted molar refractivity (Wildman–Crippen MR) is 95.6 cm³/mol. The first-order valence-corrected chi connectivity index (χ1v) is 8.59. The average Bonchev–Trinajstić information content (AvgIpc) is 3.04. The van der Waals surface area contributed by atoms with Gasteiger partial charge < -0.3 is 14.8 Å². The molecule has 1 aromatic carbocycles. The molecule has 0 fully saturated rings. The van der Waals surface area contributed by atoms with Crippen LogP contribution in [-0.4, -0.2) is 31.6 Å². The molecule has 0 spiro atoms. The highest BCUT2D eigenvalue weighted by molar-refractivity contribution is 7.20. The summed E-state index contributed by atoms with van der Waals surface area (Å²) in [5.74, 6) is -1.32. The third kappa shape index (κ3) is 5.15. The van der Waals surface area contributed by atoms with Crippen molar-refractivity contribution >= 4 is 34.2 Å². The van der Waals surface area contributed by atoms with Gasteiger partial charge in [-0.2, -0.15) is 0 Å². The number of benzene rings is 1. The van der Waals surface area contributed by atoms with E-state index in [1.54, 1.807) is 13.0 Å². The molecule has 1 aromatic heterocycles. The lowest BCUT2D eigenvalue weighted by Crippen LogP contribution is -2.15. The highest BCUT2D eigenvalue weighted by Gasteiger charge is 2.20. The lowest BCUT2D eigenvalue weighted by atomic mass is 10.1. The van der Waals surface area contributed by atoms with Gasteiger partial charge in [0.05, 0.1) is 25.7 Å². The van der Waals surface area contributed by atoms with Crippen molar-refractivity contribution < 1.29 is 23.9 Å². The van der Waals surface area contributed by atoms with E-state index in [2.05, 4.69) is 10.1 Å². The molecule has 6 nitrogen and oxygen atoms in total.